The number of nitro groups is 2. The number of aromatic nitrogens is 4. The van der Waals surface area contributed by atoms with E-state index in [2.05, 4.69) is 20.3 Å². The van der Waals surface area contributed by atoms with Crippen molar-refractivity contribution in [3.63, 3.8) is 0 Å². The first-order valence-corrected chi connectivity index (χ1v) is 9.76. The lowest BCUT2D eigenvalue weighted by molar-refractivity contribution is -0.385. The summed E-state index contributed by atoms with van der Waals surface area (Å²) >= 11 is 0. The standard InChI is InChI=1S/C22H12N6O6/c29-27(30)17-8-4-13(5-9-17)19-23-21(33-25-19)15-2-1-3-16(12-15)22-24-20(26-34-22)14-6-10-18(11-7-14)28(31)32/h1-12H. The first-order chi connectivity index (χ1) is 16.5. The van der Waals surface area contributed by atoms with Crippen LogP contribution in [0.15, 0.2) is 81.8 Å². The molecule has 0 amide bonds. The van der Waals surface area contributed by atoms with Crippen molar-refractivity contribution in [2.75, 3.05) is 0 Å². The van der Waals surface area contributed by atoms with Crippen molar-refractivity contribution in [2.24, 2.45) is 0 Å². The summed E-state index contributed by atoms with van der Waals surface area (Å²) < 4.78 is 10.7. The molecular weight excluding hydrogens is 444 g/mol. The predicted octanol–water partition coefficient (Wildman–Crippen LogP) is 4.94. The average molecular weight is 456 g/mol. The molecule has 0 unspecified atom stereocenters. The van der Waals surface area contributed by atoms with Crippen LogP contribution in [0.2, 0.25) is 0 Å². The van der Waals surface area contributed by atoms with Gasteiger partial charge in [-0.2, -0.15) is 9.97 Å². The Kier molecular flexibility index (Phi) is 5.07. The maximum Gasteiger partial charge on any atom is 0.269 e. The molecule has 3 aromatic carbocycles. The molecule has 2 heterocycles. The highest BCUT2D eigenvalue weighted by molar-refractivity contribution is 5.67. The maximum absolute atomic E-state index is 10.8. The molecule has 0 aliphatic carbocycles. The van der Waals surface area contributed by atoms with Crippen molar-refractivity contribution in [1.29, 1.82) is 0 Å². The monoisotopic (exact) mass is 456 g/mol. The van der Waals surface area contributed by atoms with Crippen molar-refractivity contribution in [2.45, 2.75) is 0 Å². The third-order valence-electron chi connectivity index (χ3n) is 4.88. The van der Waals surface area contributed by atoms with E-state index in [1.54, 1.807) is 48.5 Å². The first kappa shape index (κ1) is 20.6. The van der Waals surface area contributed by atoms with Gasteiger partial charge in [-0.05, 0) is 42.5 Å². The zero-order valence-corrected chi connectivity index (χ0v) is 17.1. The van der Waals surface area contributed by atoms with Crippen LogP contribution in [0.5, 0.6) is 0 Å². The second kappa shape index (κ2) is 8.35. The summed E-state index contributed by atoms with van der Waals surface area (Å²) in [7, 11) is 0. The Morgan fingerprint density at radius 2 is 1.00 bits per heavy atom. The third-order valence-corrected chi connectivity index (χ3v) is 4.88. The summed E-state index contributed by atoms with van der Waals surface area (Å²) in [5, 5.41) is 29.5. The predicted molar refractivity (Wildman–Crippen MR) is 117 cm³/mol. The van der Waals surface area contributed by atoms with Gasteiger partial charge in [-0.15, -0.1) is 0 Å². The normalized spacial score (nSPS) is 10.8. The highest BCUT2D eigenvalue weighted by Crippen LogP contribution is 2.28. The molecule has 0 fully saturated rings. The Hall–Kier alpha value is -5.26. The van der Waals surface area contributed by atoms with Crippen molar-refractivity contribution < 1.29 is 18.9 Å². The van der Waals surface area contributed by atoms with Crippen LogP contribution in [-0.4, -0.2) is 30.1 Å². The number of non-ortho nitro benzene ring substituents is 2. The molecule has 0 saturated carbocycles. The van der Waals surface area contributed by atoms with Gasteiger partial charge in [0.2, 0.25) is 11.6 Å². The van der Waals surface area contributed by atoms with Gasteiger partial charge in [-0.3, -0.25) is 20.2 Å². The number of nitro benzene ring substituents is 2. The van der Waals surface area contributed by atoms with Gasteiger partial charge in [0.15, 0.2) is 0 Å². The second-order valence-electron chi connectivity index (χ2n) is 7.04. The van der Waals surface area contributed by atoms with E-state index in [1.807, 2.05) is 0 Å². The van der Waals surface area contributed by atoms with Crippen molar-refractivity contribution in [3.05, 3.63) is 93.0 Å². The highest BCUT2D eigenvalue weighted by atomic mass is 16.6. The molecule has 0 N–H and O–H groups in total. The van der Waals surface area contributed by atoms with Crippen LogP contribution in [-0.2, 0) is 0 Å². The molecule has 34 heavy (non-hydrogen) atoms. The van der Waals surface area contributed by atoms with Crippen LogP contribution in [0.3, 0.4) is 0 Å². The fourth-order valence-electron chi connectivity index (χ4n) is 3.17. The average Bonchev–Trinajstić information content (AvgIpc) is 3.55. The van der Waals surface area contributed by atoms with Crippen LogP contribution < -0.4 is 0 Å². The minimum Gasteiger partial charge on any atom is -0.334 e. The summed E-state index contributed by atoms with van der Waals surface area (Å²) in [6, 6.07) is 18.7. The molecule has 12 heteroatoms. The van der Waals surface area contributed by atoms with Crippen molar-refractivity contribution >= 4 is 11.4 Å². The van der Waals surface area contributed by atoms with Gasteiger partial charge in [-0.25, -0.2) is 0 Å². The number of hydrogen-bond acceptors (Lipinski definition) is 10. The van der Waals surface area contributed by atoms with E-state index in [0.717, 1.165) is 0 Å². The lowest BCUT2D eigenvalue weighted by Crippen LogP contribution is -1.88. The van der Waals surface area contributed by atoms with Crippen molar-refractivity contribution in [3.8, 4) is 45.7 Å². The van der Waals surface area contributed by atoms with E-state index in [0.29, 0.717) is 22.3 Å². The summed E-state index contributed by atoms with van der Waals surface area (Å²) in [5.74, 6) is 1.05. The number of benzene rings is 3. The Balaban J connectivity index is 1.39. The quantitative estimate of drug-likeness (QED) is 0.252. The van der Waals surface area contributed by atoms with E-state index in [1.165, 1.54) is 24.3 Å². The van der Waals surface area contributed by atoms with Gasteiger partial charge in [0.25, 0.3) is 23.2 Å². The highest BCUT2D eigenvalue weighted by Gasteiger charge is 2.16. The fourth-order valence-corrected chi connectivity index (χ4v) is 3.17. The molecule has 0 aliphatic rings. The topological polar surface area (TPSA) is 164 Å². The Morgan fingerprint density at radius 3 is 1.38 bits per heavy atom. The van der Waals surface area contributed by atoms with E-state index in [-0.39, 0.29) is 34.8 Å². The maximum atomic E-state index is 10.8. The molecule has 5 aromatic rings. The van der Waals surface area contributed by atoms with Crippen LogP contribution in [0.4, 0.5) is 11.4 Å². The van der Waals surface area contributed by atoms with Gasteiger partial charge in [0.1, 0.15) is 0 Å². The van der Waals surface area contributed by atoms with Gasteiger partial charge < -0.3 is 9.05 Å². The third kappa shape index (κ3) is 3.98. The van der Waals surface area contributed by atoms with Crippen molar-refractivity contribution in [1.82, 2.24) is 20.3 Å². The van der Waals surface area contributed by atoms with E-state index >= 15 is 0 Å². The summed E-state index contributed by atoms with van der Waals surface area (Å²) in [6.45, 7) is 0. The Bertz CT molecular complexity index is 1400. The lowest BCUT2D eigenvalue weighted by atomic mass is 10.1. The second-order valence-corrected chi connectivity index (χ2v) is 7.04. The zero-order chi connectivity index (χ0) is 23.7. The summed E-state index contributed by atoms with van der Waals surface area (Å²) in [4.78, 5) is 29.4. The molecule has 0 saturated heterocycles. The van der Waals surface area contributed by atoms with Crippen LogP contribution in [0.1, 0.15) is 0 Å². The minimum atomic E-state index is -0.485. The van der Waals surface area contributed by atoms with Gasteiger partial charge in [0, 0.05) is 46.5 Å². The molecule has 12 nitrogen and oxygen atoms in total. The van der Waals surface area contributed by atoms with Gasteiger partial charge in [0.05, 0.1) is 9.85 Å². The van der Waals surface area contributed by atoms with Gasteiger partial charge in [-0.1, -0.05) is 16.4 Å². The van der Waals surface area contributed by atoms with Crippen LogP contribution in [0.25, 0.3) is 45.7 Å². The van der Waals surface area contributed by atoms with E-state index < -0.39 is 9.85 Å². The summed E-state index contributed by atoms with van der Waals surface area (Å²) in [6.07, 6.45) is 0. The molecule has 0 atom stereocenters. The Labute approximate surface area is 189 Å². The number of hydrogen-bond donors (Lipinski definition) is 0. The van der Waals surface area contributed by atoms with E-state index in [4.69, 9.17) is 9.05 Å². The smallest absolute Gasteiger partial charge is 0.269 e. The Morgan fingerprint density at radius 1 is 0.588 bits per heavy atom. The fraction of sp³-hybridized carbons (Fsp3) is 0. The molecule has 0 spiro atoms. The lowest BCUT2D eigenvalue weighted by Gasteiger charge is -1.97. The van der Waals surface area contributed by atoms with E-state index in [9.17, 15) is 20.2 Å². The van der Waals surface area contributed by atoms with Crippen LogP contribution in [0, 0.1) is 20.2 Å². The molecule has 2 aromatic heterocycles. The molecular formula is C22H12N6O6. The molecule has 0 bridgehead atoms. The largest absolute Gasteiger partial charge is 0.334 e. The zero-order valence-electron chi connectivity index (χ0n) is 17.1. The number of nitrogens with zero attached hydrogens (tertiary/aromatic N) is 6. The molecule has 0 aliphatic heterocycles. The number of rotatable bonds is 6. The van der Waals surface area contributed by atoms with Gasteiger partial charge >= 0.3 is 0 Å². The SMILES string of the molecule is O=[N+]([O-])c1ccc(-c2noc(-c3cccc(-c4nc(-c5ccc([N+](=O)[O-])cc5)no4)c3)n2)cc1. The minimum absolute atomic E-state index is 0.0344. The van der Waals surface area contributed by atoms with Crippen LogP contribution >= 0.6 is 0 Å². The molecule has 166 valence electrons. The summed E-state index contributed by atoms with van der Waals surface area (Å²) in [5.41, 5.74) is 2.28. The first-order valence-electron chi connectivity index (χ1n) is 9.76. The molecule has 0 radical (unpaired) electrons. The molecule has 5 rings (SSSR count).